The normalized spacial score (nSPS) is 10.5. The van der Waals surface area contributed by atoms with Crippen LogP contribution in [0, 0.1) is 13.8 Å². The molecule has 0 aliphatic carbocycles. The molecular formula is C17H17BrO. The first-order valence-electron chi connectivity index (χ1n) is 6.43. The summed E-state index contributed by atoms with van der Waals surface area (Å²) >= 11 is 3.53. The number of hydrogen-bond donors (Lipinski definition) is 0. The number of ketones is 1. The van der Waals surface area contributed by atoms with Crippen molar-refractivity contribution in [3.8, 4) is 0 Å². The lowest BCUT2D eigenvalue weighted by Gasteiger charge is -2.08. The van der Waals surface area contributed by atoms with Gasteiger partial charge in [0.25, 0.3) is 0 Å². The highest BCUT2D eigenvalue weighted by Crippen LogP contribution is 2.24. The van der Waals surface area contributed by atoms with Gasteiger partial charge in [-0.15, -0.1) is 0 Å². The third kappa shape index (κ3) is 2.95. The third-order valence-electron chi connectivity index (χ3n) is 3.30. The summed E-state index contributed by atoms with van der Waals surface area (Å²) in [6, 6.07) is 11.7. The predicted octanol–water partition coefficient (Wildman–Crippen LogP) is 4.86. The SMILES string of the molecule is CCc1cccc(C(=O)c2cc(C)c(Br)c(C)c2)c1. The fourth-order valence-corrected chi connectivity index (χ4v) is 2.41. The Morgan fingerprint density at radius 1 is 1.05 bits per heavy atom. The van der Waals surface area contributed by atoms with Crippen LogP contribution in [0.2, 0.25) is 0 Å². The Morgan fingerprint density at radius 3 is 2.26 bits per heavy atom. The van der Waals surface area contributed by atoms with Gasteiger partial charge in [-0.25, -0.2) is 0 Å². The smallest absolute Gasteiger partial charge is 0.193 e. The quantitative estimate of drug-likeness (QED) is 0.739. The average Bonchev–Trinajstić information content (AvgIpc) is 2.43. The highest BCUT2D eigenvalue weighted by atomic mass is 79.9. The van der Waals surface area contributed by atoms with Gasteiger partial charge in [0.2, 0.25) is 0 Å². The molecule has 19 heavy (non-hydrogen) atoms. The van der Waals surface area contributed by atoms with Crippen molar-refractivity contribution in [1.82, 2.24) is 0 Å². The van der Waals surface area contributed by atoms with E-state index in [0.717, 1.165) is 33.1 Å². The minimum absolute atomic E-state index is 0.0917. The molecule has 0 spiro atoms. The lowest BCUT2D eigenvalue weighted by molar-refractivity contribution is 0.103. The Bertz CT molecular complexity index is 606. The number of benzene rings is 2. The van der Waals surface area contributed by atoms with Gasteiger partial charge >= 0.3 is 0 Å². The fraction of sp³-hybridized carbons (Fsp3) is 0.235. The van der Waals surface area contributed by atoms with E-state index in [9.17, 15) is 4.79 Å². The molecule has 0 N–H and O–H groups in total. The number of halogens is 1. The second-order valence-corrected chi connectivity index (χ2v) is 5.60. The van der Waals surface area contributed by atoms with E-state index in [2.05, 4.69) is 28.9 Å². The highest BCUT2D eigenvalue weighted by molar-refractivity contribution is 9.10. The van der Waals surface area contributed by atoms with Crippen molar-refractivity contribution in [2.75, 3.05) is 0 Å². The molecule has 2 heteroatoms. The van der Waals surface area contributed by atoms with Crippen LogP contribution in [-0.4, -0.2) is 5.78 Å². The van der Waals surface area contributed by atoms with Crippen molar-refractivity contribution in [1.29, 1.82) is 0 Å². The van der Waals surface area contributed by atoms with Crippen molar-refractivity contribution in [2.45, 2.75) is 27.2 Å². The van der Waals surface area contributed by atoms with Crippen LogP contribution in [0.3, 0.4) is 0 Å². The van der Waals surface area contributed by atoms with Crippen LogP contribution >= 0.6 is 15.9 Å². The fourth-order valence-electron chi connectivity index (χ4n) is 2.18. The second-order valence-electron chi connectivity index (χ2n) is 4.81. The number of carbonyl (C=O) groups is 1. The van der Waals surface area contributed by atoms with E-state index >= 15 is 0 Å². The molecule has 0 aliphatic rings. The molecule has 0 aliphatic heterocycles. The maximum Gasteiger partial charge on any atom is 0.193 e. The summed E-state index contributed by atoms with van der Waals surface area (Å²) in [6.45, 7) is 6.12. The van der Waals surface area contributed by atoms with E-state index in [-0.39, 0.29) is 5.78 Å². The van der Waals surface area contributed by atoms with Gasteiger partial charge in [-0.3, -0.25) is 4.79 Å². The van der Waals surface area contributed by atoms with Crippen LogP contribution in [-0.2, 0) is 6.42 Å². The Balaban J connectivity index is 2.44. The first-order chi connectivity index (χ1) is 9.02. The van der Waals surface area contributed by atoms with Crippen LogP contribution in [0.15, 0.2) is 40.9 Å². The summed E-state index contributed by atoms with van der Waals surface area (Å²) in [7, 11) is 0. The Morgan fingerprint density at radius 2 is 1.68 bits per heavy atom. The monoisotopic (exact) mass is 316 g/mol. The van der Waals surface area contributed by atoms with Gasteiger partial charge in [0, 0.05) is 15.6 Å². The van der Waals surface area contributed by atoms with E-state index < -0.39 is 0 Å². The molecule has 2 aromatic rings. The molecule has 0 radical (unpaired) electrons. The van der Waals surface area contributed by atoms with Crippen LogP contribution in [0.1, 0.15) is 39.5 Å². The van der Waals surface area contributed by atoms with Crippen molar-refractivity contribution in [3.05, 3.63) is 68.7 Å². The van der Waals surface area contributed by atoms with E-state index in [4.69, 9.17) is 0 Å². The molecule has 0 unspecified atom stereocenters. The van der Waals surface area contributed by atoms with Gasteiger partial charge in [0.05, 0.1) is 0 Å². The molecule has 2 rings (SSSR count). The van der Waals surface area contributed by atoms with Gasteiger partial charge in [-0.2, -0.15) is 0 Å². The first-order valence-corrected chi connectivity index (χ1v) is 7.22. The molecule has 1 nitrogen and oxygen atoms in total. The standard InChI is InChI=1S/C17H17BrO/c1-4-13-6-5-7-14(10-13)17(19)15-8-11(2)16(18)12(3)9-15/h5-10H,4H2,1-3H3. The minimum Gasteiger partial charge on any atom is -0.289 e. The van der Waals surface area contributed by atoms with Crippen LogP contribution < -0.4 is 0 Å². The lowest BCUT2D eigenvalue weighted by atomic mass is 9.98. The first kappa shape index (κ1) is 14.0. The Kier molecular flexibility index (Phi) is 4.20. The second kappa shape index (κ2) is 5.70. The summed E-state index contributed by atoms with van der Waals surface area (Å²) in [5.41, 5.74) is 4.90. The average molecular weight is 317 g/mol. The largest absolute Gasteiger partial charge is 0.289 e. The van der Waals surface area contributed by atoms with Crippen molar-refractivity contribution < 1.29 is 4.79 Å². The summed E-state index contributed by atoms with van der Waals surface area (Å²) < 4.78 is 1.08. The molecule has 0 saturated heterocycles. The predicted molar refractivity (Wildman–Crippen MR) is 82.9 cm³/mol. The molecule has 0 amide bonds. The molecule has 0 fully saturated rings. The van der Waals surface area contributed by atoms with E-state index in [1.165, 1.54) is 5.56 Å². The van der Waals surface area contributed by atoms with E-state index in [0.29, 0.717) is 0 Å². The number of aryl methyl sites for hydroxylation is 3. The Labute approximate surface area is 122 Å². The van der Waals surface area contributed by atoms with E-state index in [1.54, 1.807) is 0 Å². The van der Waals surface area contributed by atoms with Gasteiger partial charge in [-0.1, -0.05) is 41.1 Å². The topological polar surface area (TPSA) is 17.1 Å². The van der Waals surface area contributed by atoms with Gasteiger partial charge in [-0.05, 0) is 55.2 Å². The molecule has 0 bridgehead atoms. The minimum atomic E-state index is 0.0917. The molecule has 2 aromatic carbocycles. The molecule has 98 valence electrons. The van der Waals surface area contributed by atoms with Crippen LogP contribution in [0.4, 0.5) is 0 Å². The van der Waals surface area contributed by atoms with E-state index in [1.807, 2.05) is 44.2 Å². The maximum atomic E-state index is 12.5. The lowest BCUT2D eigenvalue weighted by Crippen LogP contribution is -2.03. The highest BCUT2D eigenvalue weighted by Gasteiger charge is 2.12. The number of hydrogen-bond acceptors (Lipinski definition) is 1. The van der Waals surface area contributed by atoms with Crippen molar-refractivity contribution in [2.24, 2.45) is 0 Å². The maximum absolute atomic E-state index is 12.5. The van der Waals surface area contributed by atoms with Gasteiger partial charge in [0.15, 0.2) is 5.78 Å². The zero-order chi connectivity index (χ0) is 14.0. The molecule has 0 heterocycles. The number of rotatable bonds is 3. The van der Waals surface area contributed by atoms with Gasteiger partial charge < -0.3 is 0 Å². The summed E-state index contributed by atoms with van der Waals surface area (Å²) in [6.07, 6.45) is 0.944. The van der Waals surface area contributed by atoms with Crippen molar-refractivity contribution >= 4 is 21.7 Å². The number of carbonyl (C=O) groups excluding carboxylic acids is 1. The summed E-state index contributed by atoms with van der Waals surface area (Å²) in [5.74, 6) is 0.0917. The third-order valence-corrected chi connectivity index (χ3v) is 4.55. The zero-order valence-corrected chi connectivity index (χ0v) is 13.0. The van der Waals surface area contributed by atoms with Crippen LogP contribution in [0.25, 0.3) is 0 Å². The molecule has 0 saturated carbocycles. The van der Waals surface area contributed by atoms with Crippen molar-refractivity contribution in [3.63, 3.8) is 0 Å². The Hall–Kier alpha value is -1.41. The van der Waals surface area contributed by atoms with Gasteiger partial charge in [0.1, 0.15) is 0 Å². The van der Waals surface area contributed by atoms with Crippen LogP contribution in [0.5, 0.6) is 0 Å². The summed E-state index contributed by atoms with van der Waals surface area (Å²) in [4.78, 5) is 12.5. The molecular weight excluding hydrogens is 300 g/mol. The summed E-state index contributed by atoms with van der Waals surface area (Å²) in [5, 5.41) is 0. The molecule has 0 atom stereocenters. The zero-order valence-electron chi connectivity index (χ0n) is 11.5. The molecule has 0 aromatic heterocycles.